The number of sulfonamides is 1. The average Bonchev–Trinajstić information content (AvgIpc) is 2.78. The lowest BCUT2D eigenvalue weighted by Gasteiger charge is -2.10. The number of halogens is 2. The summed E-state index contributed by atoms with van der Waals surface area (Å²) in [4.78, 5) is 23.7. The van der Waals surface area contributed by atoms with E-state index in [1.54, 1.807) is 0 Å². The summed E-state index contributed by atoms with van der Waals surface area (Å²) in [5.74, 6) is -2.28. The van der Waals surface area contributed by atoms with Crippen LogP contribution in [0.4, 0.5) is 14.5 Å². The van der Waals surface area contributed by atoms with Crippen LogP contribution in [0.3, 0.4) is 0 Å². The van der Waals surface area contributed by atoms with Crippen molar-refractivity contribution in [3.05, 3.63) is 90.0 Å². The van der Waals surface area contributed by atoms with E-state index in [4.69, 9.17) is 4.74 Å². The number of carbonyl (C=O) groups is 2. The number of carbonyl (C=O) groups excluding carboxylic acids is 2. The second-order valence-corrected chi connectivity index (χ2v) is 8.04. The van der Waals surface area contributed by atoms with Gasteiger partial charge in [0.25, 0.3) is 21.8 Å². The van der Waals surface area contributed by atoms with Gasteiger partial charge in [-0.3, -0.25) is 25.2 Å². The summed E-state index contributed by atoms with van der Waals surface area (Å²) in [5, 5.41) is 0. The Labute approximate surface area is 182 Å². The van der Waals surface area contributed by atoms with Gasteiger partial charge in [0.15, 0.2) is 6.61 Å². The van der Waals surface area contributed by atoms with Crippen molar-refractivity contribution in [2.24, 2.45) is 0 Å². The van der Waals surface area contributed by atoms with Crippen molar-refractivity contribution in [1.82, 2.24) is 10.9 Å². The topological polar surface area (TPSA) is 114 Å². The zero-order valence-electron chi connectivity index (χ0n) is 16.3. The molecule has 11 heteroatoms. The largest absolute Gasteiger partial charge is 0.484 e. The van der Waals surface area contributed by atoms with Crippen LogP contribution in [0.2, 0.25) is 0 Å². The van der Waals surface area contributed by atoms with Gasteiger partial charge in [-0.05, 0) is 60.7 Å². The standard InChI is InChI=1S/C21H17F2N3O5S/c22-15-7-9-16(10-8-15)31-13-20(27)24-25-21(28)14-5-11-17(12-6-14)32(29,30)26-19-4-2-1-3-18(19)23/h1-12,26H,13H2,(H,24,27)(H,25,28). The molecule has 0 spiro atoms. The van der Waals surface area contributed by atoms with Crippen LogP contribution in [0.15, 0.2) is 77.7 Å². The zero-order valence-corrected chi connectivity index (χ0v) is 17.2. The van der Waals surface area contributed by atoms with Gasteiger partial charge in [-0.25, -0.2) is 17.2 Å². The van der Waals surface area contributed by atoms with Crippen LogP contribution in [-0.2, 0) is 14.8 Å². The molecule has 8 nitrogen and oxygen atoms in total. The van der Waals surface area contributed by atoms with Gasteiger partial charge in [0, 0.05) is 5.56 Å². The van der Waals surface area contributed by atoms with Gasteiger partial charge in [-0.1, -0.05) is 12.1 Å². The number of amides is 2. The molecule has 3 N–H and O–H groups in total. The van der Waals surface area contributed by atoms with E-state index in [-0.39, 0.29) is 21.9 Å². The molecule has 32 heavy (non-hydrogen) atoms. The van der Waals surface area contributed by atoms with Crippen molar-refractivity contribution < 1.29 is 31.5 Å². The number of nitrogens with one attached hydrogen (secondary N) is 3. The van der Waals surface area contributed by atoms with Crippen LogP contribution in [-0.4, -0.2) is 26.8 Å². The Morgan fingerprint density at radius 2 is 1.50 bits per heavy atom. The highest BCUT2D eigenvalue weighted by atomic mass is 32.2. The fraction of sp³-hybridized carbons (Fsp3) is 0.0476. The van der Waals surface area contributed by atoms with Crippen LogP contribution < -0.4 is 20.3 Å². The van der Waals surface area contributed by atoms with Gasteiger partial charge in [0.05, 0.1) is 10.6 Å². The summed E-state index contributed by atoms with van der Waals surface area (Å²) < 4.78 is 58.6. The fourth-order valence-electron chi connectivity index (χ4n) is 2.45. The SMILES string of the molecule is O=C(COc1ccc(F)cc1)NNC(=O)c1ccc(S(=O)(=O)Nc2ccccc2F)cc1. The first-order valence-electron chi connectivity index (χ1n) is 9.09. The van der Waals surface area contributed by atoms with E-state index in [1.807, 2.05) is 0 Å². The average molecular weight is 461 g/mol. The maximum Gasteiger partial charge on any atom is 0.276 e. The number of rotatable bonds is 7. The number of benzene rings is 3. The fourth-order valence-corrected chi connectivity index (χ4v) is 3.51. The molecule has 0 bridgehead atoms. The van der Waals surface area contributed by atoms with E-state index < -0.39 is 40.1 Å². The maximum atomic E-state index is 13.7. The van der Waals surface area contributed by atoms with Crippen LogP contribution in [0, 0.1) is 11.6 Å². The molecule has 166 valence electrons. The molecule has 2 amide bonds. The van der Waals surface area contributed by atoms with Gasteiger partial charge < -0.3 is 4.74 Å². The Morgan fingerprint density at radius 1 is 0.844 bits per heavy atom. The Balaban J connectivity index is 1.53. The molecule has 0 heterocycles. The number of hydrogen-bond acceptors (Lipinski definition) is 5. The Morgan fingerprint density at radius 3 is 2.16 bits per heavy atom. The van der Waals surface area contributed by atoms with E-state index in [9.17, 15) is 26.8 Å². The molecule has 0 atom stereocenters. The minimum atomic E-state index is -4.07. The molecule has 0 unspecified atom stereocenters. The summed E-state index contributed by atoms with van der Waals surface area (Å²) in [6.45, 7) is -0.426. The third-order valence-electron chi connectivity index (χ3n) is 4.04. The molecule has 0 radical (unpaired) electrons. The molecule has 0 aliphatic rings. The number of anilines is 1. The third-order valence-corrected chi connectivity index (χ3v) is 5.43. The lowest BCUT2D eigenvalue weighted by Crippen LogP contribution is -2.43. The highest BCUT2D eigenvalue weighted by molar-refractivity contribution is 7.92. The zero-order chi connectivity index (χ0) is 23.1. The molecule has 0 fully saturated rings. The molecule has 3 aromatic rings. The lowest BCUT2D eigenvalue weighted by molar-refractivity contribution is -0.123. The molecular formula is C21H17F2N3O5S. The number of ether oxygens (including phenoxy) is 1. The molecule has 0 saturated heterocycles. The summed E-state index contributed by atoms with van der Waals surface area (Å²) in [5.41, 5.74) is 4.15. The van der Waals surface area contributed by atoms with Gasteiger partial charge >= 0.3 is 0 Å². The first kappa shape index (κ1) is 22.7. The lowest BCUT2D eigenvalue weighted by atomic mass is 10.2. The monoisotopic (exact) mass is 461 g/mol. The smallest absolute Gasteiger partial charge is 0.276 e. The van der Waals surface area contributed by atoms with Gasteiger partial charge in [0.1, 0.15) is 17.4 Å². The molecule has 3 rings (SSSR count). The van der Waals surface area contributed by atoms with Gasteiger partial charge in [0.2, 0.25) is 0 Å². The van der Waals surface area contributed by atoms with Crippen molar-refractivity contribution in [1.29, 1.82) is 0 Å². The molecule has 0 aromatic heterocycles. The van der Waals surface area contributed by atoms with E-state index in [0.717, 1.165) is 18.2 Å². The highest BCUT2D eigenvalue weighted by Gasteiger charge is 2.17. The summed E-state index contributed by atoms with van der Waals surface area (Å²) in [6.07, 6.45) is 0. The van der Waals surface area contributed by atoms with Gasteiger partial charge in [-0.15, -0.1) is 0 Å². The van der Waals surface area contributed by atoms with Crippen LogP contribution in [0.1, 0.15) is 10.4 Å². The Bertz CT molecular complexity index is 1220. The van der Waals surface area contributed by atoms with E-state index in [0.29, 0.717) is 0 Å². The van der Waals surface area contributed by atoms with Crippen LogP contribution in [0.25, 0.3) is 0 Å². The Hall–Kier alpha value is -3.99. The predicted molar refractivity (Wildman–Crippen MR) is 111 cm³/mol. The highest BCUT2D eigenvalue weighted by Crippen LogP contribution is 2.19. The minimum absolute atomic E-state index is 0.0644. The molecule has 0 aliphatic carbocycles. The summed E-state index contributed by atoms with van der Waals surface area (Å²) in [7, 11) is -4.07. The van der Waals surface area contributed by atoms with Crippen molar-refractivity contribution in [2.75, 3.05) is 11.3 Å². The van der Waals surface area contributed by atoms with Gasteiger partial charge in [-0.2, -0.15) is 0 Å². The normalized spacial score (nSPS) is 10.8. The van der Waals surface area contributed by atoms with Crippen molar-refractivity contribution >= 4 is 27.5 Å². The van der Waals surface area contributed by atoms with Crippen LogP contribution in [0.5, 0.6) is 5.75 Å². The second-order valence-electron chi connectivity index (χ2n) is 6.35. The molecule has 0 saturated carbocycles. The number of hydrazine groups is 1. The first-order chi connectivity index (χ1) is 15.2. The Kier molecular flexibility index (Phi) is 7.00. The van der Waals surface area contributed by atoms with E-state index >= 15 is 0 Å². The second kappa shape index (κ2) is 9.88. The number of para-hydroxylation sites is 1. The quantitative estimate of drug-likeness (QED) is 0.468. The van der Waals surface area contributed by atoms with E-state index in [2.05, 4.69) is 15.6 Å². The first-order valence-corrected chi connectivity index (χ1v) is 10.6. The third kappa shape index (κ3) is 6.01. The van der Waals surface area contributed by atoms with E-state index in [1.165, 1.54) is 54.6 Å². The number of hydrogen-bond donors (Lipinski definition) is 3. The van der Waals surface area contributed by atoms with Crippen molar-refractivity contribution in [3.8, 4) is 5.75 Å². The van der Waals surface area contributed by atoms with Crippen LogP contribution >= 0.6 is 0 Å². The minimum Gasteiger partial charge on any atom is -0.484 e. The van der Waals surface area contributed by atoms with Crippen molar-refractivity contribution in [2.45, 2.75) is 4.90 Å². The molecule has 3 aromatic carbocycles. The summed E-state index contributed by atoms with van der Waals surface area (Å²) in [6, 6.07) is 15.1. The molecular weight excluding hydrogens is 444 g/mol. The molecule has 0 aliphatic heterocycles. The summed E-state index contributed by atoms with van der Waals surface area (Å²) >= 11 is 0. The predicted octanol–water partition coefficient (Wildman–Crippen LogP) is 2.61. The van der Waals surface area contributed by atoms with Crippen molar-refractivity contribution in [3.63, 3.8) is 0 Å². The maximum absolute atomic E-state index is 13.7.